The molecule has 0 atom stereocenters. The molecule has 0 aliphatic heterocycles. The maximum absolute atomic E-state index is 9.92. The number of hydrogen-bond donors (Lipinski definition) is 5. The lowest BCUT2D eigenvalue weighted by atomic mass is 10.0. The highest BCUT2D eigenvalue weighted by Crippen LogP contribution is 2.31. The molecule has 0 unspecified atom stereocenters. The van der Waals surface area contributed by atoms with Gasteiger partial charge in [0, 0.05) is 22.8 Å². The van der Waals surface area contributed by atoms with Gasteiger partial charge in [-0.15, -0.1) is 0 Å². The molecule has 0 heterocycles. The number of halogens is 2. The number of ether oxygens (including phenoxy) is 1. The molecule has 2 aromatic carbocycles. The fraction of sp³-hybridized carbons (Fsp3) is 0.333. The molecule has 158 valence electrons. The number of anilines is 1. The summed E-state index contributed by atoms with van der Waals surface area (Å²) < 4.78 is 5.75. The fourth-order valence-corrected chi connectivity index (χ4v) is 3.15. The molecule has 0 radical (unpaired) electrons. The first-order valence-electron chi connectivity index (χ1n) is 9.16. The van der Waals surface area contributed by atoms with Crippen molar-refractivity contribution >= 4 is 35.0 Å². The van der Waals surface area contributed by atoms with Gasteiger partial charge >= 0.3 is 0 Å². The van der Waals surface area contributed by atoms with Crippen molar-refractivity contribution in [1.29, 1.82) is 0 Å². The van der Waals surface area contributed by atoms with Gasteiger partial charge in [-0.05, 0) is 48.4 Å². The minimum absolute atomic E-state index is 0.00387. The molecular formula is C21H26Cl2N2O4. The zero-order valence-corrected chi connectivity index (χ0v) is 17.7. The molecule has 0 aliphatic rings. The molecule has 2 rings (SSSR count). The smallest absolute Gasteiger partial charge is 0.125 e. The van der Waals surface area contributed by atoms with E-state index in [4.69, 9.17) is 33.7 Å². The zero-order valence-electron chi connectivity index (χ0n) is 16.2. The first-order chi connectivity index (χ1) is 13.8. The number of phenolic OH excluding ortho intramolecular Hbond substituents is 1. The van der Waals surface area contributed by atoms with E-state index in [0.717, 1.165) is 17.7 Å². The summed E-state index contributed by atoms with van der Waals surface area (Å²) in [4.78, 5) is 0. The van der Waals surface area contributed by atoms with E-state index in [1.807, 2.05) is 25.1 Å². The summed E-state index contributed by atoms with van der Waals surface area (Å²) in [5.74, 6) is 0.691. The van der Waals surface area contributed by atoms with Gasteiger partial charge in [-0.1, -0.05) is 36.2 Å². The van der Waals surface area contributed by atoms with Crippen LogP contribution in [0.2, 0.25) is 10.0 Å². The van der Waals surface area contributed by atoms with Crippen molar-refractivity contribution in [2.75, 3.05) is 31.7 Å². The van der Waals surface area contributed by atoms with Gasteiger partial charge in [0.15, 0.2) is 0 Å². The zero-order chi connectivity index (χ0) is 21.4. The van der Waals surface area contributed by atoms with Crippen LogP contribution in [0.5, 0.6) is 11.5 Å². The highest BCUT2D eigenvalue weighted by atomic mass is 35.5. The lowest BCUT2D eigenvalue weighted by Crippen LogP contribution is -2.52. The topological polar surface area (TPSA) is 108 Å². The quantitative estimate of drug-likeness (QED) is 0.387. The van der Waals surface area contributed by atoms with Crippen LogP contribution in [0.1, 0.15) is 18.1 Å². The molecule has 0 aliphatic carbocycles. The Labute approximate surface area is 180 Å². The molecule has 0 spiro atoms. The van der Waals surface area contributed by atoms with Gasteiger partial charge in [0.1, 0.15) is 18.1 Å². The van der Waals surface area contributed by atoms with Crippen molar-refractivity contribution < 1.29 is 20.1 Å². The molecule has 0 fully saturated rings. The van der Waals surface area contributed by atoms with Crippen LogP contribution in [0, 0.1) is 0 Å². The van der Waals surface area contributed by atoms with Crippen LogP contribution in [0.15, 0.2) is 36.4 Å². The van der Waals surface area contributed by atoms with Crippen LogP contribution in [0.25, 0.3) is 6.08 Å². The molecular weight excluding hydrogens is 415 g/mol. The third-order valence-corrected chi connectivity index (χ3v) is 4.95. The van der Waals surface area contributed by atoms with Crippen molar-refractivity contribution in [1.82, 2.24) is 0 Å². The normalized spacial score (nSPS) is 11.8. The molecule has 0 aromatic heterocycles. The summed E-state index contributed by atoms with van der Waals surface area (Å²) in [7, 11) is 0. The predicted molar refractivity (Wildman–Crippen MR) is 118 cm³/mol. The summed E-state index contributed by atoms with van der Waals surface area (Å²) in [5, 5.41) is 32.4. The number of aryl methyl sites for hydroxylation is 1. The van der Waals surface area contributed by atoms with Crippen LogP contribution in [0.3, 0.4) is 0 Å². The Balaban J connectivity index is 2.00. The summed E-state index contributed by atoms with van der Waals surface area (Å²) in [6.07, 6.45) is 4.19. The van der Waals surface area contributed by atoms with Gasteiger partial charge in [-0.2, -0.15) is 0 Å². The Morgan fingerprint density at radius 1 is 1.17 bits per heavy atom. The van der Waals surface area contributed by atoms with Gasteiger partial charge in [0.25, 0.3) is 0 Å². The molecule has 0 bridgehead atoms. The Morgan fingerprint density at radius 3 is 2.52 bits per heavy atom. The largest absolute Gasteiger partial charge is 0.507 e. The van der Waals surface area contributed by atoms with Crippen LogP contribution in [0.4, 0.5) is 5.69 Å². The average molecular weight is 441 g/mol. The molecule has 0 saturated carbocycles. The van der Waals surface area contributed by atoms with E-state index in [0.29, 0.717) is 21.4 Å². The van der Waals surface area contributed by atoms with Crippen molar-refractivity contribution in [2.45, 2.75) is 18.9 Å². The number of phenols is 1. The second-order valence-electron chi connectivity index (χ2n) is 6.74. The summed E-state index contributed by atoms with van der Waals surface area (Å²) in [6.45, 7) is 1.90. The number of benzene rings is 2. The van der Waals surface area contributed by atoms with Gasteiger partial charge in [-0.25, -0.2) is 0 Å². The van der Waals surface area contributed by atoms with Crippen molar-refractivity contribution in [3.8, 4) is 11.5 Å². The molecule has 29 heavy (non-hydrogen) atoms. The second-order valence-corrected chi connectivity index (χ2v) is 7.58. The molecule has 2 aromatic rings. The van der Waals surface area contributed by atoms with Crippen LogP contribution < -0.4 is 15.8 Å². The fourth-order valence-electron chi connectivity index (χ4n) is 2.60. The number of nitrogens with two attached hydrogens (primary N) is 1. The van der Waals surface area contributed by atoms with Gasteiger partial charge < -0.3 is 31.1 Å². The maximum Gasteiger partial charge on any atom is 0.125 e. The minimum Gasteiger partial charge on any atom is -0.507 e. The van der Waals surface area contributed by atoms with Crippen LogP contribution in [-0.4, -0.2) is 47.2 Å². The first-order valence-corrected chi connectivity index (χ1v) is 9.92. The average Bonchev–Trinajstić information content (AvgIpc) is 2.71. The van der Waals surface area contributed by atoms with Crippen molar-refractivity contribution in [3.05, 3.63) is 57.6 Å². The number of aliphatic hydroxyl groups excluding tert-OH is 2. The monoisotopic (exact) mass is 440 g/mol. The van der Waals surface area contributed by atoms with Crippen molar-refractivity contribution in [3.63, 3.8) is 0 Å². The third kappa shape index (κ3) is 6.52. The summed E-state index contributed by atoms with van der Waals surface area (Å²) in [6, 6.07) is 8.59. The summed E-state index contributed by atoms with van der Waals surface area (Å²) >= 11 is 11.9. The standard InChI is InChI=1S/C21H26Cl2N2O4/c1-2-14-8-16(5-6-19(14)25-11-21(24,12-26)13-27)29-7-3-4-17-18(23)9-15(22)10-20(17)28/h3-6,8-10,25-28H,2,7,11-13,24H2,1H3/b4-3+. The van der Waals surface area contributed by atoms with E-state index >= 15 is 0 Å². The minimum atomic E-state index is -1.08. The van der Waals surface area contributed by atoms with Crippen molar-refractivity contribution in [2.24, 2.45) is 5.73 Å². The maximum atomic E-state index is 9.92. The molecule has 0 saturated heterocycles. The lowest BCUT2D eigenvalue weighted by Gasteiger charge is -2.26. The van der Waals surface area contributed by atoms with E-state index in [9.17, 15) is 15.3 Å². The first kappa shape index (κ1) is 23.3. The summed E-state index contributed by atoms with van der Waals surface area (Å²) in [5.41, 5.74) is 7.17. The number of nitrogens with one attached hydrogen (secondary N) is 1. The SMILES string of the molecule is CCc1cc(OC/C=C/c2c(O)cc(Cl)cc2Cl)ccc1NCC(N)(CO)CO. The van der Waals surface area contributed by atoms with Gasteiger partial charge in [0.05, 0.1) is 23.8 Å². The Morgan fingerprint density at radius 2 is 1.90 bits per heavy atom. The van der Waals surface area contributed by atoms with E-state index in [1.54, 1.807) is 18.2 Å². The number of hydrogen-bond acceptors (Lipinski definition) is 6. The molecule has 6 N–H and O–H groups in total. The number of rotatable bonds is 10. The second kappa shape index (κ2) is 10.7. The van der Waals surface area contributed by atoms with Gasteiger partial charge in [-0.3, -0.25) is 0 Å². The van der Waals surface area contributed by atoms with E-state index in [1.165, 1.54) is 6.07 Å². The van der Waals surface area contributed by atoms with E-state index in [2.05, 4.69) is 5.32 Å². The Bertz CT molecular complexity index is 832. The third-order valence-electron chi connectivity index (χ3n) is 4.42. The van der Waals surface area contributed by atoms with Crippen LogP contribution in [-0.2, 0) is 6.42 Å². The Hall–Kier alpha value is -1.96. The van der Waals surface area contributed by atoms with E-state index in [-0.39, 0.29) is 32.1 Å². The predicted octanol–water partition coefficient (Wildman–Crippen LogP) is 3.45. The highest BCUT2D eigenvalue weighted by molar-refractivity contribution is 6.35. The highest BCUT2D eigenvalue weighted by Gasteiger charge is 2.23. The molecule has 8 heteroatoms. The lowest BCUT2D eigenvalue weighted by molar-refractivity contribution is 0.129. The molecule has 6 nitrogen and oxygen atoms in total. The van der Waals surface area contributed by atoms with Crippen LogP contribution >= 0.6 is 23.2 Å². The number of aliphatic hydroxyl groups is 2. The Kier molecular flexibility index (Phi) is 8.61. The van der Waals surface area contributed by atoms with E-state index < -0.39 is 5.54 Å². The molecule has 0 amide bonds. The number of aromatic hydroxyl groups is 1. The van der Waals surface area contributed by atoms with Gasteiger partial charge in [0.2, 0.25) is 0 Å².